The van der Waals surface area contributed by atoms with Crippen LogP contribution in [0.4, 0.5) is 0 Å². The van der Waals surface area contributed by atoms with Crippen LogP contribution in [0.2, 0.25) is 0 Å². The van der Waals surface area contributed by atoms with E-state index in [4.69, 9.17) is 5.41 Å². The van der Waals surface area contributed by atoms with Crippen molar-refractivity contribution in [3.63, 3.8) is 0 Å². The standard InChI is InChI=1S/C7H14NP/c1-6(2)4-5-9-7(3)8/h4-6,8-9H,1-3H3/b5-4-,8-7?. The molecule has 0 aromatic heterocycles. The van der Waals surface area contributed by atoms with E-state index in [1.54, 1.807) is 0 Å². The average Bonchev–Trinajstić information content (AvgIpc) is 1.63. The van der Waals surface area contributed by atoms with Crippen LogP contribution in [-0.4, -0.2) is 5.45 Å². The molecule has 0 rings (SSSR count). The largest absolute Gasteiger partial charge is 0.305 e. The first-order valence-corrected chi connectivity index (χ1v) is 4.19. The summed E-state index contributed by atoms with van der Waals surface area (Å²) < 4.78 is 0. The maximum absolute atomic E-state index is 7.10. The van der Waals surface area contributed by atoms with E-state index in [2.05, 4.69) is 25.7 Å². The zero-order valence-electron chi connectivity index (χ0n) is 6.23. The van der Waals surface area contributed by atoms with Crippen molar-refractivity contribution in [3.8, 4) is 0 Å². The third kappa shape index (κ3) is 7.84. The normalized spacial score (nSPS) is 12.4. The number of hydrogen-bond donors (Lipinski definition) is 1. The molecule has 0 saturated carbocycles. The molecule has 1 unspecified atom stereocenters. The van der Waals surface area contributed by atoms with Gasteiger partial charge in [0.1, 0.15) is 0 Å². The van der Waals surface area contributed by atoms with Crippen LogP contribution in [0.1, 0.15) is 20.8 Å². The molecule has 0 fully saturated rings. The molecule has 0 aromatic rings. The molecule has 0 aliphatic rings. The molecule has 2 heteroatoms. The van der Waals surface area contributed by atoms with Gasteiger partial charge in [0.15, 0.2) is 0 Å². The Morgan fingerprint density at radius 2 is 2.11 bits per heavy atom. The number of hydrogen-bond acceptors (Lipinski definition) is 1. The lowest BCUT2D eigenvalue weighted by atomic mass is 10.2. The molecule has 1 nitrogen and oxygen atoms in total. The quantitative estimate of drug-likeness (QED) is 0.464. The smallest absolute Gasteiger partial charge is 0.0296 e. The lowest BCUT2D eigenvalue weighted by molar-refractivity contribution is 0.833. The molecule has 0 amide bonds. The van der Waals surface area contributed by atoms with Crippen molar-refractivity contribution in [1.29, 1.82) is 5.41 Å². The predicted molar refractivity (Wildman–Crippen MR) is 45.7 cm³/mol. The van der Waals surface area contributed by atoms with Crippen LogP contribution in [-0.2, 0) is 0 Å². The van der Waals surface area contributed by atoms with Gasteiger partial charge in [-0.1, -0.05) is 34.3 Å². The Kier molecular flexibility index (Phi) is 4.61. The fourth-order valence-electron chi connectivity index (χ4n) is 0.366. The number of rotatable bonds is 3. The SMILES string of the molecule is CC(=N)P/C=C\C(C)C. The van der Waals surface area contributed by atoms with Gasteiger partial charge in [-0.05, 0) is 12.8 Å². The monoisotopic (exact) mass is 143 g/mol. The summed E-state index contributed by atoms with van der Waals surface area (Å²) in [6.45, 7) is 6.11. The second kappa shape index (κ2) is 4.69. The number of allylic oxidation sites excluding steroid dienone is 1. The summed E-state index contributed by atoms with van der Waals surface area (Å²) >= 11 is 0. The van der Waals surface area contributed by atoms with Crippen molar-refractivity contribution >= 4 is 14.0 Å². The van der Waals surface area contributed by atoms with Crippen molar-refractivity contribution in [1.82, 2.24) is 0 Å². The fourth-order valence-corrected chi connectivity index (χ4v) is 1.10. The maximum atomic E-state index is 7.10. The van der Waals surface area contributed by atoms with Crippen molar-refractivity contribution in [2.45, 2.75) is 20.8 Å². The second-order valence-corrected chi connectivity index (χ2v) is 3.74. The molecular weight excluding hydrogens is 129 g/mol. The van der Waals surface area contributed by atoms with Gasteiger partial charge in [0.25, 0.3) is 0 Å². The van der Waals surface area contributed by atoms with E-state index in [0.717, 1.165) is 5.45 Å². The van der Waals surface area contributed by atoms with E-state index >= 15 is 0 Å². The van der Waals surface area contributed by atoms with Crippen LogP contribution < -0.4 is 0 Å². The van der Waals surface area contributed by atoms with E-state index in [1.807, 2.05) is 6.92 Å². The summed E-state index contributed by atoms with van der Waals surface area (Å²) in [6.07, 6.45) is 2.14. The summed E-state index contributed by atoms with van der Waals surface area (Å²) in [5, 5.41) is 7.10. The molecule has 0 heterocycles. The highest BCUT2D eigenvalue weighted by atomic mass is 31.1. The van der Waals surface area contributed by atoms with Gasteiger partial charge >= 0.3 is 0 Å². The first kappa shape index (κ1) is 8.84. The Labute approximate surface area is 58.8 Å². The Balaban J connectivity index is 3.36. The van der Waals surface area contributed by atoms with E-state index in [0.29, 0.717) is 14.5 Å². The molecule has 0 spiro atoms. The van der Waals surface area contributed by atoms with Crippen LogP contribution in [0.5, 0.6) is 0 Å². The molecule has 52 valence electrons. The molecule has 0 aromatic carbocycles. The molecule has 0 saturated heterocycles. The molecule has 0 aliphatic heterocycles. The Morgan fingerprint density at radius 1 is 1.56 bits per heavy atom. The van der Waals surface area contributed by atoms with E-state index in [-0.39, 0.29) is 0 Å². The molecule has 0 radical (unpaired) electrons. The summed E-state index contributed by atoms with van der Waals surface area (Å²) in [6, 6.07) is 0. The number of nitrogens with one attached hydrogen (secondary N) is 1. The first-order valence-electron chi connectivity index (χ1n) is 3.11. The summed E-state index contributed by atoms with van der Waals surface area (Å²) in [5.41, 5.74) is 0.756. The fraction of sp³-hybridized carbons (Fsp3) is 0.571. The van der Waals surface area contributed by atoms with E-state index in [9.17, 15) is 0 Å². The van der Waals surface area contributed by atoms with Crippen molar-refractivity contribution in [2.24, 2.45) is 5.92 Å². The van der Waals surface area contributed by atoms with Gasteiger partial charge in [0, 0.05) is 5.45 Å². The van der Waals surface area contributed by atoms with Crippen LogP contribution in [0.25, 0.3) is 0 Å². The van der Waals surface area contributed by atoms with Gasteiger partial charge < -0.3 is 5.41 Å². The molecule has 9 heavy (non-hydrogen) atoms. The lowest BCUT2D eigenvalue weighted by Crippen LogP contribution is -1.75. The van der Waals surface area contributed by atoms with Crippen LogP contribution in [0, 0.1) is 11.3 Å². The van der Waals surface area contributed by atoms with Gasteiger partial charge in [-0.3, -0.25) is 0 Å². The Bertz CT molecular complexity index is 116. The average molecular weight is 143 g/mol. The van der Waals surface area contributed by atoms with Gasteiger partial charge in [0.2, 0.25) is 0 Å². The highest BCUT2D eigenvalue weighted by Crippen LogP contribution is 2.13. The zero-order chi connectivity index (χ0) is 7.28. The van der Waals surface area contributed by atoms with Crippen LogP contribution >= 0.6 is 8.58 Å². The minimum Gasteiger partial charge on any atom is -0.305 e. The third-order valence-electron chi connectivity index (χ3n) is 0.781. The molecule has 0 aliphatic carbocycles. The summed E-state index contributed by atoms with van der Waals surface area (Å²) in [7, 11) is 0.584. The summed E-state index contributed by atoms with van der Waals surface area (Å²) in [4.78, 5) is 0. The van der Waals surface area contributed by atoms with Crippen LogP contribution in [0.15, 0.2) is 11.9 Å². The van der Waals surface area contributed by atoms with Crippen LogP contribution in [0.3, 0.4) is 0 Å². The van der Waals surface area contributed by atoms with Crippen molar-refractivity contribution in [2.75, 3.05) is 0 Å². The predicted octanol–water partition coefficient (Wildman–Crippen LogP) is 2.83. The topological polar surface area (TPSA) is 23.9 Å². The second-order valence-electron chi connectivity index (χ2n) is 2.37. The van der Waals surface area contributed by atoms with Gasteiger partial charge in [-0.15, -0.1) is 0 Å². The highest BCUT2D eigenvalue weighted by Gasteiger charge is 1.83. The molecule has 1 N–H and O–H groups in total. The summed E-state index contributed by atoms with van der Waals surface area (Å²) in [5.74, 6) is 2.70. The molecule has 0 bridgehead atoms. The minimum absolute atomic E-state index is 0.584. The Morgan fingerprint density at radius 3 is 2.44 bits per heavy atom. The third-order valence-corrected chi connectivity index (χ3v) is 1.57. The molecule has 1 atom stereocenters. The molecular formula is C7H14NP. The zero-order valence-corrected chi connectivity index (χ0v) is 7.23. The Hall–Kier alpha value is -0.160. The first-order chi connectivity index (χ1) is 4.13. The van der Waals surface area contributed by atoms with E-state index < -0.39 is 0 Å². The maximum Gasteiger partial charge on any atom is 0.0296 e. The van der Waals surface area contributed by atoms with Gasteiger partial charge in [-0.2, -0.15) is 0 Å². The van der Waals surface area contributed by atoms with Gasteiger partial charge in [0.05, 0.1) is 0 Å². The van der Waals surface area contributed by atoms with Crippen molar-refractivity contribution < 1.29 is 0 Å². The van der Waals surface area contributed by atoms with E-state index in [1.165, 1.54) is 0 Å². The minimum atomic E-state index is 0.584. The highest BCUT2D eigenvalue weighted by molar-refractivity contribution is 7.60. The van der Waals surface area contributed by atoms with Gasteiger partial charge in [-0.25, -0.2) is 0 Å². The lowest BCUT2D eigenvalue weighted by Gasteiger charge is -1.92. The van der Waals surface area contributed by atoms with Crippen molar-refractivity contribution in [3.05, 3.63) is 11.9 Å².